The fourth-order valence-electron chi connectivity index (χ4n) is 1.95. The maximum atomic E-state index is 13.7. The summed E-state index contributed by atoms with van der Waals surface area (Å²) >= 11 is 18.4. The lowest BCUT2D eigenvalue weighted by atomic mass is 10.0. The van der Waals surface area contributed by atoms with E-state index in [4.69, 9.17) is 39.5 Å². The molecule has 0 N–H and O–H groups in total. The molecule has 6 heteroatoms. The number of hydrogen-bond donors (Lipinski definition) is 0. The summed E-state index contributed by atoms with van der Waals surface area (Å²) in [6.45, 7) is 0. The maximum absolute atomic E-state index is 13.7. The standard InChI is InChI=1S/C15H11Cl3F2O/c1-21-14-7-11(17)9(6-12(14)18)10(16)5-8-3-2-4-13(19)15(8)20/h2-4,6-7,10H,5H2,1H3. The molecule has 0 saturated heterocycles. The van der Waals surface area contributed by atoms with Crippen LogP contribution in [0.15, 0.2) is 30.3 Å². The van der Waals surface area contributed by atoms with Gasteiger partial charge >= 0.3 is 0 Å². The predicted octanol–water partition coefficient (Wildman–Crippen LogP) is 5.80. The smallest absolute Gasteiger partial charge is 0.162 e. The largest absolute Gasteiger partial charge is 0.495 e. The molecule has 0 aliphatic heterocycles. The van der Waals surface area contributed by atoms with Gasteiger partial charge in [-0.2, -0.15) is 0 Å². The van der Waals surface area contributed by atoms with Crippen molar-refractivity contribution in [2.75, 3.05) is 7.11 Å². The lowest BCUT2D eigenvalue weighted by Crippen LogP contribution is -2.01. The first-order chi connectivity index (χ1) is 9.93. The summed E-state index contributed by atoms with van der Waals surface area (Å²) in [4.78, 5) is 0. The molecule has 0 heterocycles. The Kier molecular flexibility index (Phi) is 5.31. The molecule has 0 saturated carbocycles. The minimum Gasteiger partial charge on any atom is -0.495 e. The van der Waals surface area contributed by atoms with Crippen LogP contribution in [0.2, 0.25) is 10.0 Å². The zero-order valence-electron chi connectivity index (χ0n) is 11.0. The third-order valence-electron chi connectivity index (χ3n) is 3.04. The number of ether oxygens (including phenoxy) is 1. The summed E-state index contributed by atoms with van der Waals surface area (Å²) < 4.78 is 31.9. The van der Waals surface area contributed by atoms with E-state index in [1.54, 1.807) is 6.07 Å². The van der Waals surface area contributed by atoms with Crippen LogP contribution >= 0.6 is 34.8 Å². The Morgan fingerprint density at radius 2 is 1.86 bits per heavy atom. The summed E-state index contributed by atoms with van der Waals surface area (Å²) in [6.07, 6.45) is 0.0908. The van der Waals surface area contributed by atoms with Crippen LogP contribution in [-0.2, 0) is 6.42 Å². The highest BCUT2D eigenvalue weighted by Gasteiger charge is 2.18. The summed E-state index contributed by atoms with van der Waals surface area (Å²) in [5, 5.41) is 0.0625. The SMILES string of the molecule is COc1cc(Cl)c(C(Cl)Cc2cccc(F)c2F)cc1Cl. The van der Waals surface area contributed by atoms with Gasteiger partial charge in [-0.15, -0.1) is 11.6 Å². The van der Waals surface area contributed by atoms with E-state index in [-0.39, 0.29) is 12.0 Å². The first-order valence-corrected chi connectivity index (χ1v) is 7.23. The normalized spacial score (nSPS) is 12.3. The van der Waals surface area contributed by atoms with Crippen molar-refractivity contribution in [2.24, 2.45) is 0 Å². The van der Waals surface area contributed by atoms with Gasteiger partial charge in [0.2, 0.25) is 0 Å². The number of benzene rings is 2. The molecule has 1 atom stereocenters. The summed E-state index contributed by atoms with van der Waals surface area (Å²) in [7, 11) is 1.47. The van der Waals surface area contributed by atoms with Crippen LogP contribution in [0, 0.1) is 11.6 Å². The molecule has 0 aromatic heterocycles. The average molecular weight is 352 g/mol. The van der Waals surface area contributed by atoms with Crippen molar-refractivity contribution in [3.63, 3.8) is 0 Å². The number of rotatable bonds is 4. The van der Waals surface area contributed by atoms with Gasteiger partial charge in [0.1, 0.15) is 5.75 Å². The molecular formula is C15H11Cl3F2O. The zero-order valence-corrected chi connectivity index (χ0v) is 13.2. The Morgan fingerprint density at radius 1 is 1.14 bits per heavy atom. The van der Waals surface area contributed by atoms with E-state index in [1.807, 2.05) is 0 Å². The van der Waals surface area contributed by atoms with Gasteiger partial charge in [-0.25, -0.2) is 8.78 Å². The molecule has 112 valence electrons. The second-order valence-corrected chi connectivity index (χ2v) is 5.73. The van der Waals surface area contributed by atoms with E-state index in [0.29, 0.717) is 21.4 Å². The van der Waals surface area contributed by atoms with Crippen molar-refractivity contribution in [3.8, 4) is 5.75 Å². The van der Waals surface area contributed by atoms with Gasteiger partial charge in [-0.05, 0) is 29.7 Å². The van der Waals surface area contributed by atoms with Gasteiger partial charge in [0.05, 0.1) is 17.5 Å². The Hall–Kier alpha value is -1.03. The molecule has 2 aromatic rings. The molecule has 0 fully saturated rings. The summed E-state index contributed by atoms with van der Waals surface area (Å²) in [5.41, 5.74) is 0.714. The van der Waals surface area contributed by atoms with Crippen LogP contribution in [0.4, 0.5) is 8.78 Å². The molecule has 2 aromatic carbocycles. The fourth-order valence-corrected chi connectivity index (χ4v) is 2.89. The molecular weight excluding hydrogens is 341 g/mol. The van der Waals surface area contributed by atoms with Crippen LogP contribution in [0.5, 0.6) is 5.75 Å². The molecule has 1 unspecified atom stereocenters. The van der Waals surface area contributed by atoms with Crippen LogP contribution in [-0.4, -0.2) is 7.11 Å². The van der Waals surface area contributed by atoms with Crippen molar-refractivity contribution >= 4 is 34.8 Å². The molecule has 0 bridgehead atoms. The van der Waals surface area contributed by atoms with Crippen molar-refractivity contribution in [1.29, 1.82) is 0 Å². The van der Waals surface area contributed by atoms with Crippen molar-refractivity contribution in [1.82, 2.24) is 0 Å². The van der Waals surface area contributed by atoms with Crippen molar-refractivity contribution in [3.05, 3.63) is 63.1 Å². The lowest BCUT2D eigenvalue weighted by Gasteiger charge is -2.14. The third kappa shape index (κ3) is 3.60. The third-order valence-corrected chi connectivity index (χ3v) is 4.05. The van der Waals surface area contributed by atoms with Gasteiger partial charge in [0, 0.05) is 11.1 Å². The quantitative estimate of drug-likeness (QED) is 0.632. The minimum atomic E-state index is -0.907. The van der Waals surface area contributed by atoms with Gasteiger partial charge in [-0.3, -0.25) is 0 Å². The van der Waals surface area contributed by atoms with E-state index in [2.05, 4.69) is 0 Å². The number of hydrogen-bond acceptors (Lipinski definition) is 1. The van der Waals surface area contributed by atoms with E-state index in [9.17, 15) is 8.78 Å². The Bertz CT molecular complexity index is 662. The van der Waals surface area contributed by atoms with Gasteiger partial charge in [0.15, 0.2) is 11.6 Å². The molecule has 0 aliphatic rings. The lowest BCUT2D eigenvalue weighted by molar-refractivity contribution is 0.415. The average Bonchev–Trinajstić information content (AvgIpc) is 2.45. The molecule has 0 spiro atoms. The van der Waals surface area contributed by atoms with Gasteiger partial charge < -0.3 is 4.74 Å². The van der Waals surface area contributed by atoms with E-state index < -0.39 is 17.0 Å². The topological polar surface area (TPSA) is 9.23 Å². The van der Waals surface area contributed by atoms with Crippen molar-refractivity contribution in [2.45, 2.75) is 11.8 Å². The minimum absolute atomic E-state index is 0.0908. The molecule has 2 rings (SSSR count). The second-order valence-electron chi connectivity index (χ2n) is 4.39. The van der Waals surface area contributed by atoms with E-state index >= 15 is 0 Å². The van der Waals surface area contributed by atoms with Crippen LogP contribution < -0.4 is 4.74 Å². The van der Waals surface area contributed by atoms with Crippen LogP contribution in [0.3, 0.4) is 0 Å². The molecule has 0 radical (unpaired) electrons. The second kappa shape index (κ2) is 6.82. The summed E-state index contributed by atoms with van der Waals surface area (Å²) in [5.74, 6) is -1.39. The number of methoxy groups -OCH3 is 1. The Labute approximate surface area is 136 Å². The molecule has 0 amide bonds. The first kappa shape index (κ1) is 16.3. The Morgan fingerprint density at radius 3 is 2.52 bits per heavy atom. The van der Waals surface area contributed by atoms with Gasteiger partial charge in [-0.1, -0.05) is 35.3 Å². The zero-order chi connectivity index (χ0) is 15.6. The van der Waals surface area contributed by atoms with Gasteiger partial charge in [0.25, 0.3) is 0 Å². The van der Waals surface area contributed by atoms with Crippen molar-refractivity contribution < 1.29 is 13.5 Å². The highest BCUT2D eigenvalue weighted by atomic mass is 35.5. The highest BCUT2D eigenvalue weighted by molar-refractivity contribution is 6.35. The highest BCUT2D eigenvalue weighted by Crippen LogP contribution is 2.37. The summed E-state index contributed by atoms with van der Waals surface area (Å²) in [6, 6.07) is 7.07. The van der Waals surface area contributed by atoms with E-state index in [0.717, 1.165) is 6.07 Å². The molecule has 21 heavy (non-hydrogen) atoms. The predicted molar refractivity (Wildman–Crippen MR) is 81.7 cm³/mol. The first-order valence-electron chi connectivity index (χ1n) is 6.04. The van der Waals surface area contributed by atoms with Crippen LogP contribution in [0.1, 0.15) is 16.5 Å². The van der Waals surface area contributed by atoms with Crippen LogP contribution in [0.25, 0.3) is 0 Å². The number of alkyl halides is 1. The molecule has 0 aliphatic carbocycles. The molecule has 1 nitrogen and oxygen atoms in total. The fraction of sp³-hybridized carbons (Fsp3) is 0.200. The van der Waals surface area contributed by atoms with E-state index in [1.165, 1.54) is 25.3 Å². The maximum Gasteiger partial charge on any atom is 0.162 e. The Balaban J connectivity index is 2.30. The number of halogens is 5. The monoisotopic (exact) mass is 350 g/mol.